The molecule has 2 N–H and O–H groups in total. The molecule has 0 unspecified atom stereocenters. The van der Waals surface area contributed by atoms with Crippen molar-refractivity contribution in [3.63, 3.8) is 0 Å². The predicted octanol–water partition coefficient (Wildman–Crippen LogP) is 3.31. The van der Waals surface area contributed by atoms with Crippen LogP contribution >= 0.6 is 23.4 Å². The highest BCUT2D eigenvalue weighted by Crippen LogP contribution is 2.23. The van der Waals surface area contributed by atoms with Gasteiger partial charge < -0.3 is 5.73 Å². The Kier molecular flexibility index (Phi) is 3.86. The zero-order chi connectivity index (χ0) is 12.3. The van der Waals surface area contributed by atoms with Crippen LogP contribution in [-0.4, -0.2) is 9.97 Å². The molecule has 0 saturated carbocycles. The number of halogens is 1. The van der Waals surface area contributed by atoms with Crippen molar-refractivity contribution in [2.45, 2.75) is 17.6 Å². The van der Waals surface area contributed by atoms with Gasteiger partial charge in [-0.25, -0.2) is 9.97 Å². The van der Waals surface area contributed by atoms with E-state index < -0.39 is 0 Å². The fourth-order valence-corrected chi connectivity index (χ4v) is 2.28. The Labute approximate surface area is 109 Å². The van der Waals surface area contributed by atoms with Crippen LogP contribution < -0.4 is 5.73 Å². The molecule has 17 heavy (non-hydrogen) atoms. The van der Waals surface area contributed by atoms with Crippen LogP contribution in [-0.2, 0) is 5.75 Å². The summed E-state index contributed by atoms with van der Waals surface area (Å²) in [6.45, 7) is 1.91. The Morgan fingerprint density at radius 3 is 2.59 bits per heavy atom. The van der Waals surface area contributed by atoms with Gasteiger partial charge in [0.05, 0.1) is 5.75 Å². The fourth-order valence-electron chi connectivity index (χ4n) is 1.40. The van der Waals surface area contributed by atoms with E-state index in [1.807, 2.05) is 31.2 Å². The molecule has 0 aliphatic rings. The van der Waals surface area contributed by atoms with Crippen LogP contribution in [0, 0.1) is 6.92 Å². The van der Waals surface area contributed by atoms with Gasteiger partial charge in [0.2, 0.25) is 0 Å². The molecular formula is C12H12ClN3S. The van der Waals surface area contributed by atoms with Crippen LogP contribution in [0.25, 0.3) is 0 Å². The number of nitrogen functional groups attached to an aromatic ring is 1. The van der Waals surface area contributed by atoms with Crippen molar-refractivity contribution in [2.24, 2.45) is 0 Å². The van der Waals surface area contributed by atoms with Crippen LogP contribution in [0.1, 0.15) is 11.5 Å². The Balaban J connectivity index is 2.04. The second kappa shape index (κ2) is 5.38. The highest BCUT2D eigenvalue weighted by Gasteiger charge is 2.01. The Hall–Kier alpha value is -1.26. The number of anilines is 1. The SMILES string of the molecule is Cc1cc(N)nc(CSc2ccc(Cl)cc2)n1. The van der Waals surface area contributed by atoms with Crippen molar-refractivity contribution in [3.05, 3.63) is 46.9 Å². The average molecular weight is 266 g/mol. The summed E-state index contributed by atoms with van der Waals surface area (Å²) in [5, 5.41) is 0.741. The first-order valence-electron chi connectivity index (χ1n) is 5.12. The maximum absolute atomic E-state index is 5.82. The molecule has 1 aromatic carbocycles. The van der Waals surface area contributed by atoms with E-state index in [4.69, 9.17) is 17.3 Å². The van der Waals surface area contributed by atoms with Gasteiger partial charge in [-0.3, -0.25) is 0 Å². The van der Waals surface area contributed by atoms with Crippen molar-refractivity contribution >= 4 is 29.2 Å². The van der Waals surface area contributed by atoms with Gasteiger partial charge in [0.25, 0.3) is 0 Å². The molecule has 0 saturated heterocycles. The molecule has 0 atom stereocenters. The molecule has 0 fully saturated rings. The minimum atomic E-state index is 0.518. The second-order valence-electron chi connectivity index (χ2n) is 3.59. The summed E-state index contributed by atoms with van der Waals surface area (Å²) in [7, 11) is 0. The number of thioether (sulfide) groups is 1. The molecule has 88 valence electrons. The number of nitrogens with two attached hydrogens (primary N) is 1. The maximum Gasteiger partial charge on any atom is 0.141 e. The highest BCUT2D eigenvalue weighted by atomic mass is 35.5. The Morgan fingerprint density at radius 2 is 1.94 bits per heavy atom. The molecule has 0 bridgehead atoms. The zero-order valence-electron chi connectivity index (χ0n) is 9.35. The van der Waals surface area contributed by atoms with Crippen LogP contribution in [0.5, 0.6) is 0 Å². The lowest BCUT2D eigenvalue weighted by Crippen LogP contribution is -1.99. The fraction of sp³-hybridized carbons (Fsp3) is 0.167. The smallest absolute Gasteiger partial charge is 0.141 e. The zero-order valence-corrected chi connectivity index (χ0v) is 10.9. The topological polar surface area (TPSA) is 51.8 Å². The van der Waals surface area contributed by atoms with Gasteiger partial charge in [0.1, 0.15) is 11.6 Å². The van der Waals surface area contributed by atoms with E-state index in [-0.39, 0.29) is 0 Å². The lowest BCUT2D eigenvalue weighted by molar-refractivity contribution is 1.00. The molecule has 2 rings (SSSR count). The van der Waals surface area contributed by atoms with E-state index in [9.17, 15) is 0 Å². The summed E-state index contributed by atoms with van der Waals surface area (Å²) in [6.07, 6.45) is 0. The van der Waals surface area contributed by atoms with Gasteiger partial charge >= 0.3 is 0 Å². The Morgan fingerprint density at radius 1 is 1.24 bits per heavy atom. The van der Waals surface area contributed by atoms with Gasteiger partial charge in [-0.15, -0.1) is 11.8 Å². The summed E-state index contributed by atoms with van der Waals surface area (Å²) in [4.78, 5) is 9.65. The molecular weight excluding hydrogens is 254 g/mol. The monoisotopic (exact) mass is 265 g/mol. The van der Waals surface area contributed by atoms with Crippen molar-refractivity contribution in [1.29, 1.82) is 0 Å². The molecule has 0 spiro atoms. The van der Waals surface area contributed by atoms with E-state index in [2.05, 4.69) is 9.97 Å². The third-order valence-electron chi connectivity index (χ3n) is 2.10. The van der Waals surface area contributed by atoms with Crippen molar-refractivity contribution < 1.29 is 0 Å². The molecule has 0 aliphatic carbocycles. The van der Waals surface area contributed by atoms with Gasteiger partial charge in [-0.2, -0.15) is 0 Å². The van der Waals surface area contributed by atoms with Gasteiger partial charge in [-0.1, -0.05) is 11.6 Å². The average Bonchev–Trinajstić information content (AvgIpc) is 2.27. The van der Waals surface area contributed by atoms with E-state index in [0.29, 0.717) is 11.6 Å². The first-order valence-corrected chi connectivity index (χ1v) is 6.48. The lowest BCUT2D eigenvalue weighted by atomic mass is 10.4. The molecule has 2 aromatic rings. The minimum absolute atomic E-state index is 0.518. The number of benzene rings is 1. The van der Waals surface area contributed by atoms with E-state index >= 15 is 0 Å². The largest absolute Gasteiger partial charge is 0.384 e. The van der Waals surface area contributed by atoms with Crippen LogP contribution in [0.2, 0.25) is 5.02 Å². The molecule has 0 aliphatic heterocycles. The summed E-state index contributed by atoms with van der Waals surface area (Å²) in [5.41, 5.74) is 6.56. The van der Waals surface area contributed by atoms with Gasteiger partial charge in [0, 0.05) is 21.7 Å². The van der Waals surface area contributed by atoms with E-state index in [1.165, 1.54) is 0 Å². The number of rotatable bonds is 3. The quantitative estimate of drug-likeness (QED) is 0.865. The van der Waals surface area contributed by atoms with Crippen molar-refractivity contribution in [1.82, 2.24) is 9.97 Å². The first kappa shape index (κ1) is 12.2. The summed E-state index contributed by atoms with van der Waals surface area (Å²) < 4.78 is 0. The first-order chi connectivity index (χ1) is 8.13. The molecule has 3 nitrogen and oxygen atoms in total. The Bertz CT molecular complexity index is 493. The molecule has 1 heterocycles. The third-order valence-corrected chi connectivity index (χ3v) is 3.36. The number of hydrogen-bond donors (Lipinski definition) is 1. The van der Waals surface area contributed by atoms with E-state index in [0.717, 1.165) is 21.4 Å². The summed E-state index contributed by atoms with van der Waals surface area (Å²) >= 11 is 7.48. The lowest BCUT2D eigenvalue weighted by Gasteiger charge is -2.03. The molecule has 5 heteroatoms. The van der Waals surface area contributed by atoms with Gasteiger partial charge in [-0.05, 0) is 31.2 Å². The van der Waals surface area contributed by atoms with Crippen LogP contribution in [0.3, 0.4) is 0 Å². The third kappa shape index (κ3) is 3.61. The van der Waals surface area contributed by atoms with Crippen LogP contribution in [0.4, 0.5) is 5.82 Å². The van der Waals surface area contributed by atoms with Gasteiger partial charge in [0.15, 0.2) is 0 Å². The molecule has 0 amide bonds. The standard InChI is InChI=1S/C12H12ClN3S/c1-8-6-11(14)16-12(15-8)7-17-10-4-2-9(13)3-5-10/h2-6H,7H2,1H3,(H2,14,15,16). The summed E-state index contributed by atoms with van der Waals surface area (Å²) in [6, 6.07) is 9.46. The number of aromatic nitrogens is 2. The number of nitrogens with zero attached hydrogens (tertiary/aromatic N) is 2. The van der Waals surface area contributed by atoms with Crippen molar-refractivity contribution in [3.8, 4) is 0 Å². The predicted molar refractivity (Wildman–Crippen MR) is 72.2 cm³/mol. The highest BCUT2D eigenvalue weighted by molar-refractivity contribution is 7.98. The normalized spacial score (nSPS) is 10.5. The second-order valence-corrected chi connectivity index (χ2v) is 5.08. The molecule has 0 radical (unpaired) electrons. The van der Waals surface area contributed by atoms with Crippen LogP contribution in [0.15, 0.2) is 35.2 Å². The summed E-state index contributed by atoms with van der Waals surface area (Å²) in [5.74, 6) is 1.97. The minimum Gasteiger partial charge on any atom is -0.384 e. The van der Waals surface area contributed by atoms with E-state index in [1.54, 1.807) is 17.8 Å². The maximum atomic E-state index is 5.82. The molecule has 1 aromatic heterocycles. The number of hydrogen-bond acceptors (Lipinski definition) is 4. The number of aryl methyl sites for hydroxylation is 1. The van der Waals surface area contributed by atoms with Crippen molar-refractivity contribution in [2.75, 3.05) is 5.73 Å².